The van der Waals surface area contributed by atoms with Crippen LogP contribution < -0.4 is 0 Å². The smallest absolute Gasteiger partial charge is 0.0629 e. The largest absolute Gasteiger partial charge is 0.394 e. The average molecular weight is 343 g/mol. The van der Waals surface area contributed by atoms with Crippen molar-refractivity contribution in [3.63, 3.8) is 0 Å². The van der Waals surface area contributed by atoms with Crippen LogP contribution in [0.1, 0.15) is 47.7 Å². The van der Waals surface area contributed by atoms with Crippen LogP contribution in [0.2, 0.25) is 0 Å². The Hall–Kier alpha value is -2.42. The Kier molecular flexibility index (Phi) is 5.14. The van der Waals surface area contributed by atoms with Gasteiger partial charge in [-0.05, 0) is 29.5 Å². The molecule has 3 atom stereocenters. The first-order valence-electron chi connectivity index (χ1n) is 9.41. The van der Waals surface area contributed by atoms with Gasteiger partial charge in [0.2, 0.25) is 0 Å². The van der Waals surface area contributed by atoms with E-state index in [-0.39, 0.29) is 12.6 Å². The van der Waals surface area contributed by atoms with Crippen molar-refractivity contribution >= 4 is 0 Å². The van der Waals surface area contributed by atoms with Crippen molar-refractivity contribution in [3.8, 4) is 0 Å². The maximum atomic E-state index is 10.3. The Balaban J connectivity index is 1.76. The maximum absolute atomic E-state index is 10.3. The first-order chi connectivity index (χ1) is 12.9. The highest BCUT2D eigenvalue weighted by Crippen LogP contribution is 2.48. The van der Waals surface area contributed by atoms with Crippen LogP contribution in [0.3, 0.4) is 0 Å². The van der Waals surface area contributed by atoms with Crippen molar-refractivity contribution in [2.45, 2.75) is 31.0 Å². The summed E-state index contributed by atoms with van der Waals surface area (Å²) in [6.07, 6.45) is 2.21. The molecular formula is C24H25NO. The third kappa shape index (κ3) is 3.31. The lowest BCUT2D eigenvalue weighted by Crippen LogP contribution is -2.33. The fourth-order valence-corrected chi connectivity index (χ4v) is 4.34. The van der Waals surface area contributed by atoms with Crippen LogP contribution in [0.4, 0.5) is 0 Å². The summed E-state index contributed by atoms with van der Waals surface area (Å²) < 4.78 is 0. The van der Waals surface area contributed by atoms with Gasteiger partial charge in [0.1, 0.15) is 0 Å². The molecule has 1 N–H and O–H groups in total. The number of likely N-dealkylation sites (tertiary alicyclic amines) is 1. The van der Waals surface area contributed by atoms with E-state index in [2.05, 4.69) is 89.8 Å². The van der Waals surface area contributed by atoms with Crippen molar-refractivity contribution < 1.29 is 5.11 Å². The predicted octanol–water partition coefficient (Wildman–Crippen LogP) is 5.30. The first-order valence-corrected chi connectivity index (χ1v) is 9.41. The molecule has 0 aromatic heterocycles. The van der Waals surface area contributed by atoms with Gasteiger partial charge in [-0.3, -0.25) is 4.90 Å². The number of aliphatic hydroxyl groups excluding tert-OH is 1. The molecule has 3 aromatic rings. The van der Waals surface area contributed by atoms with Gasteiger partial charge in [0.05, 0.1) is 12.6 Å². The van der Waals surface area contributed by atoms with Gasteiger partial charge in [0, 0.05) is 12.1 Å². The van der Waals surface area contributed by atoms with E-state index >= 15 is 0 Å². The summed E-state index contributed by atoms with van der Waals surface area (Å²) in [7, 11) is 0. The summed E-state index contributed by atoms with van der Waals surface area (Å²) in [5, 5.41) is 10.3. The van der Waals surface area contributed by atoms with E-state index in [1.165, 1.54) is 16.7 Å². The molecule has 4 rings (SSSR count). The van der Waals surface area contributed by atoms with Gasteiger partial charge in [0.15, 0.2) is 0 Å². The SMILES string of the molecule is OC[C@H](c1ccccc1)N1[C@H](c2ccccc2)CC[C@H]1c1ccccc1. The van der Waals surface area contributed by atoms with E-state index in [1.807, 2.05) is 6.07 Å². The van der Waals surface area contributed by atoms with Crippen LogP contribution in [0, 0.1) is 0 Å². The average Bonchev–Trinajstić information content (AvgIpc) is 3.16. The van der Waals surface area contributed by atoms with Gasteiger partial charge >= 0.3 is 0 Å². The van der Waals surface area contributed by atoms with E-state index in [4.69, 9.17) is 0 Å². The number of nitrogens with zero attached hydrogens (tertiary/aromatic N) is 1. The van der Waals surface area contributed by atoms with Crippen molar-refractivity contribution in [2.24, 2.45) is 0 Å². The van der Waals surface area contributed by atoms with E-state index in [0.29, 0.717) is 12.1 Å². The van der Waals surface area contributed by atoms with Gasteiger partial charge in [-0.25, -0.2) is 0 Å². The third-order valence-corrected chi connectivity index (χ3v) is 5.52. The molecule has 1 aliphatic rings. The number of benzene rings is 3. The zero-order valence-electron chi connectivity index (χ0n) is 14.9. The van der Waals surface area contributed by atoms with Crippen LogP contribution >= 0.6 is 0 Å². The summed E-state index contributed by atoms with van der Waals surface area (Å²) in [5.74, 6) is 0. The van der Waals surface area contributed by atoms with Crippen molar-refractivity contribution in [3.05, 3.63) is 108 Å². The lowest BCUT2D eigenvalue weighted by atomic mass is 9.99. The molecule has 0 radical (unpaired) electrons. The Morgan fingerprint density at radius 1 is 0.692 bits per heavy atom. The summed E-state index contributed by atoms with van der Waals surface area (Å²) in [5.41, 5.74) is 3.85. The highest BCUT2D eigenvalue weighted by atomic mass is 16.3. The standard InChI is InChI=1S/C24H25NO/c26-18-24(21-14-8-3-9-15-21)25-22(19-10-4-1-5-11-19)16-17-23(25)20-12-6-2-7-13-20/h1-15,22-24,26H,16-18H2/t22-,23-,24+/m0/s1. The van der Waals surface area contributed by atoms with Crippen LogP contribution in [0.5, 0.6) is 0 Å². The summed E-state index contributed by atoms with van der Waals surface area (Å²) >= 11 is 0. The third-order valence-electron chi connectivity index (χ3n) is 5.52. The molecule has 1 saturated heterocycles. The van der Waals surface area contributed by atoms with Gasteiger partial charge in [-0.1, -0.05) is 91.0 Å². The fourth-order valence-electron chi connectivity index (χ4n) is 4.34. The van der Waals surface area contributed by atoms with Crippen LogP contribution in [-0.2, 0) is 0 Å². The lowest BCUT2D eigenvalue weighted by Gasteiger charge is -2.37. The maximum Gasteiger partial charge on any atom is 0.0629 e. The van der Waals surface area contributed by atoms with E-state index in [0.717, 1.165) is 12.8 Å². The molecular weight excluding hydrogens is 318 g/mol. The minimum Gasteiger partial charge on any atom is -0.394 e. The van der Waals surface area contributed by atoms with Crippen LogP contribution in [-0.4, -0.2) is 16.6 Å². The Bertz CT molecular complexity index is 756. The van der Waals surface area contributed by atoms with Gasteiger partial charge < -0.3 is 5.11 Å². The Morgan fingerprint density at radius 3 is 1.54 bits per heavy atom. The topological polar surface area (TPSA) is 23.5 Å². The zero-order chi connectivity index (χ0) is 17.8. The second-order valence-corrected chi connectivity index (χ2v) is 6.99. The molecule has 2 nitrogen and oxygen atoms in total. The molecule has 3 aromatic carbocycles. The van der Waals surface area contributed by atoms with Crippen LogP contribution in [0.15, 0.2) is 91.0 Å². The molecule has 1 fully saturated rings. The summed E-state index contributed by atoms with van der Waals surface area (Å²) in [6, 6.07) is 32.5. The van der Waals surface area contributed by atoms with Crippen molar-refractivity contribution in [1.82, 2.24) is 4.90 Å². The number of aliphatic hydroxyl groups is 1. The molecule has 2 heteroatoms. The second-order valence-electron chi connectivity index (χ2n) is 6.99. The Morgan fingerprint density at radius 2 is 1.12 bits per heavy atom. The molecule has 0 spiro atoms. The molecule has 0 aliphatic carbocycles. The zero-order valence-corrected chi connectivity index (χ0v) is 14.9. The van der Waals surface area contributed by atoms with Gasteiger partial charge in [-0.15, -0.1) is 0 Å². The van der Waals surface area contributed by atoms with Crippen LogP contribution in [0.25, 0.3) is 0 Å². The molecule has 1 aliphatic heterocycles. The monoisotopic (exact) mass is 343 g/mol. The van der Waals surface area contributed by atoms with Gasteiger partial charge in [0.25, 0.3) is 0 Å². The minimum atomic E-state index is -0.00545. The molecule has 0 unspecified atom stereocenters. The molecule has 0 bridgehead atoms. The van der Waals surface area contributed by atoms with Crippen molar-refractivity contribution in [1.29, 1.82) is 0 Å². The van der Waals surface area contributed by atoms with E-state index < -0.39 is 0 Å². The van der Waals surface area contributed by atoms with E-state index in [1.54, 1.807) is 0 Å². The summed E-state index contributed by atoms with van der Waals surface area (Å²) in [4.78, 5) is 2.53. The number of hydrogen-bond acceptors (Lipinski definition) is 2. The first kappa shape index (κ1) is 17.0. The second kappa shape index (κ2) is 7.86. The van der Waals surface area contributed by atoms with Gasteiger partial charge in [-0.2, -0.15) is 0 Å². The molecule has 0 amide bonds. The molecule has 132 valence electrons. The van der Waals surface area contributed by atoms with Crippen molar-refractivity contribution in [2.75, 3.05) is 6.61 Å². The number of rotatable bonds is 5. The lowest BCUT2D eigenvalue weighted by molar-refractivity contribution is 0.0764. The Labute approximate surface area is 155 Å². The predicted molar refractivity (Wildman–Crippen MR) is 106 cm³/mol. The quantitative estimate of drug-likeness (QED) is 0.679. The minimum absolute atomic E-state index is 0.00545. The fraction of sp³-hybridized carbons (Fsp3) is 0.250. The normalized spacial score (nSPS) is 21.6. The highest BCUT2D eigenvalue weighted by Gasteiger charge is 2.39. The molecule has 0 saturated carbocycles. The summed E-state index contributed by atoms with van der Waals surface area (Å²) in [6.45, 7) is 0.122. The highest BCUT2D eigenvalue weighted by molar-refractivity contribution is 5.28. The molecule has 1 heterocycles. The molecule has 26 heavy (non-hydrogen) atoms. The van der Waals surface area contributed by atoms with E-state index in [9.17, 15) is 5.11 Å². The number of hydrogen-bond donors (Lipinski definition) is 1.